The quantitative estimate of drug-likeness (QED) is 0.651. The molecule has 3 aromatic rings. The van der Waals surface area contributed by atoms with E-state index in [1.54, 1.807) is 12.1 Å². The molecule has 7 nitrogen and oxygen atoms in total. The average molecular weight is 390 g/mol. The predicted molar refractivity (Wildman–Crippen MR) is 94.7 cm³/mol. The molecular weight excluding hydrogens is 374 g/mol. The van der Waals surface area contributed by atoms with Gasteiger partial charge in [-0.1, -0.05) is 18.2 Å². The highest BCUT2D eigenvalue weighted by Gasteiger charge is 2.27. The van der Waals surface area contributed by atoms with Crippen molar-refractivity contribution in [1.82, 2.24) is 9.38 Å². The number of pyridine rings is 1. The molecule has 0 bridgehead atoms. The number of benzene rings is 1. The normalized spacial score (nSPS) is 12.1. The zero-order valence-corrected chi connectivity index (χ0v) is 14.7. The standard InChI is InChI=1S/C19H16F2N2O5/c1-27-15(24)10-13(11-5-4-6-12(9-11)28-19(20)21)16-17(25)22-14-7-2-3-8-23(14)18(16)26/h2-9,13,19,25H,10H2,1H3/t13-/m0/s1. The number of carbonyl (C=O) groups is 1. The molecule has 0 unspecified atom stereocenters. The number of methoxy groups -OCH3 is 1. The molecule has 0 amide bonds. The fourth-order valence-electron chi connectivity index (χ4n) is 2.94. The van der Waals surface area contributed by atoms with Crippen LogP contribution < -0.4 is 10.3 Å². The number of esters is 1. The van der Waals surface area contributed by atoms with E-state index < -0.39 is 29.9 Å². The van der Waals surface area contributed by atoms with E-state index in [4.69, 9.17) is 0 Å². The molecule has 2 heterocycles. The first-order valence-corrected chi connectivity index (χ1v) is 8.22. The Bertz CT molecular complexity index is 1070. The van der Waals surface area contributed by atoms with Crippen LogP contribution in [0.2, 0.25) is 0 Å². The Morgan fingerprint density at radius 3 is 2.75 bits per heavy atom. The van der Waals surface area contributed by atoms with Gasteiger partial charge in [0, 0.05) is 12.1 Å². The van der Waals surface area contributed by atoms with Crippen molar-refractivity contribution in [3.8, 4) is 11.6 Å². The first-order chi connectivity index (χ1) is 13.4. The second-order valence-corrected chi connectivity index (χ2v) is 5.87. The lowest BCUT2D eigenvalue weighted by atomic mass is 9.89. The van der Waals surface area contributed by atoms with Gasteiger partial charge in [0.15, 0.2) is 0 Å². The van der Waals surface area contributed by atoms with Crippen LogP contribution in [-0.4, -0.2) is 34.2 Å². The zero-order chi connectivity index (χ0) is 20.3. The number of halogens is 2. The first-order valence-electron chi connectivity index (χ1n) is 8.22. The Hall–Kier alpha value is -3.49. The molecule has 1 aromatic carbocycles. The zero-order valence-electron chi connectivity index (χ0n) is 14.7. The van der Waals surface area contributed by atoms with Gasteiger partial charge in [0.2, 0.25) is 5.88 Å². The lowest BCUT2D eigenvalue weighted by Crippen LogP contribution is -2.24. The maximum atomic E-state index is 13.0. The summed E-state index contributed by atoms with van der Waals surface area (Å²) in [6.07, 6.45) is 1.16. The molecular formula is C19H16F2N2O5. The molecule has 9 heteroatoms. The van der Waals surface area contributed by atoms with Gasteiger partial charge >= 0.3 is 12.6 Å². The van der Waals surface area contributed by atoms with Gasteiger partial charge in [-0.05, 0) is 29.8 Å². The van der Waals surface area contributed by atoms with Crippen molar-refractivity contribution < 1.29 is 28.2 Å². The molecule has 1 N–H and O–H groups in total. The summed E-state index contributed by atoms with van der Waals surface area (Å²) in [6, 6.07) is 10.4. The number of nitrogens with zero attached hydrogens (tertiary/aromatic N) is 2. The number of aromatic nitrogens is 2. The third-order valence-electron chi connectivity index (χ3n) is 4.18. The molecule has 0 radical (unpaired) electrons. The van der Waals surface area contributed by atoms with Crippen molar-refractivity contribution in [2.45, 2.75) is 19.0 Å². The number of hydrogen-bond donors (Lipinski definition) is 1. The number of carbonyl (C=O) groups excluding carboxylic acids is 1. The predicted octanol–water partition coefficient (Wildman–Crippen LogP) is 2.70. The number of ether oxygens (including phenoxy) is 2. The molecule has 0 aliphatic rings. The summed E-state index contributed by atoms with van der Waals surface area (Å²) in [6.45, 7) is -3.03. The molecule has 0 aliphatic heterocycles. The number of fused-ring (bicyclic) bond motifs is 1. The Morgan fingerprint density at radius 1 is 1.25 bits per heavy atom. The molecule has 0 saturated carbocycles. The molecule has 3 rings (SSSR count). The summed E-state index contributed by atoms with van der Waals surface area (Å²) in [5, 5.41) is 10.4. The number of alkyl halides is 2. The molecule has 146 valence electrons. The molecule has 0 spiro atoms. The maximum absolute atomic E-state index is 13.0. The number of rotatable bonds is 6. The smallest absolute Gasteiger partial charge is 0.387 e. The van der Waals surface area contributed by atoms with Crippen LogP contribution in [0.3, 0.4) is 0 Å². The molecule has 1 atom stereocenters. The first kappa shape index (κ1) is 19.3. The fourth-order valence-corrected chi connectivity index (χ4v) is 2.94. The van der Waals surface area contributed by atoms with Gasteiger partial charge in [0.25, 0.3) is 5.56 Å². The topological polar surface area (TPSA) is 90.1 Å². The van der Waals surface area contributed by atoms with Crippen LogP contribution in [0.15, 0.2) is 53.5 Å². The minimum Gasteiger partial charge on any atom is -0.493 e. The highest BCUT2D eigenvalue weighted by atomic mass is 19.3. The Labute approximate surface area is 157 Å². The van der Waals surface area contributed by atoms with E-state index in [1.807, 2.05) is 0 Å². The second-order valence-electron chi connectivity index (χ2n) is 5.87. The van der Waals surface area contributed by atoms with Gasteiger partial charge in [0.1, 0.15) is 11.4 Å². The molecule has 0 fully saturated rings. The minimum absolute atomic E-state index is 0.143. The van der Waals surface area contributed by atoms with Crippen molar-refractivity contribution in [1.29, 1.82) is 0 Å². The monoisotopic (exact) mass is 390 g/mol. The van der Waals surface area contributed by atoms with E-state index in [2.05, 4.69) is 14.5 Å². The van der Waals surface area contributed by atoms with Crippen LogP contribution in [-0.2, 0) is 9.53 Å². The highest BCUT2D eigenvalue weighted by Crippen LogP contribution is 2.33. The third kappa shape index (κ3) is 3.93. The van der Waals surface area contributed by atoms with E-state index in [0.717, 1.165) is 0 Å². The fraction of sp³-hybridized carbons (Fsp3) is 0.211. The Morgan fingerprint density at radius 2 is 2.04 bits per heavy atom. The van der Waals surface area contributed by atoms with E-state index in [9.17, 15) is 23.5 Å². The van der Waals surface area contributed by atoms with Crippen LogP contribution in [0.4, 0.5) is 8.78 Å². The summed E-state index contributed by atoms with van der Waals surface area (Å²) >= 11 is 0. The van der Waals surface area contributed by atoms with Crippen molar-refractivity contribution in [2.24, 2.45) is 0 Å². The molecule has 0 aliphatic carbocycles. The van der Waals surface area contributed by atoms with Crippen LogP contribution in [0.5, 0.6) is 11.6 Å². The van der Waals surface area contributed by atoms with Gasteiger partial charge in [-0.15, -0.1) is 0 Å². The van der Waals surface area contributed by atoms with Crippen LogP contribution in [0.1, 0.15) is 23.5 Å². The van der Waals surface area contributed by atoms with Crippen LogP contribution in [0.25, 0.3) is 5.65 Å². The van der Waals surface area contributed by atoms with Gasteiger partial charge in [-0.3, -0.25) is 14.0 Å². The number of hydrogen-bond acceptors (Lipinski definition) is 6. The van der Waals surface area contributed by atoms with Crippen molar-refractivity contribution >= 4 is 11.6 Å². The minimum atomic E-state index is -3.03. The Balaban J connectivity index is 2.18. The highest BCUT2D eigenvalue weighted by molar-refractivity contribution is 5.71. The van der Waals surface area contributed by atoms with Crippen molar-refractivity contribution in [3.63, 3.8) is 0 Å². The van der Waals surface area contributed by atoms with Crippen molar-refractivity contribution in [3.05, 3.63) is 70.1 Å². The molecule has 2 aromatic heterocycles. The van der Waals surface area contributed by atoms with Gasteiger partial charge < -0.3 is 14.6 Å². The van der Waals surface area contributed by atoms with Crippen LogP contribution in [0, 0.1) is 0 Å². The summed E-state index contributed by atoms with van der Waals surface area (Å²) in [7, 11) is 1.18. The average Bonchev–Trinajstić information content (AvgIpc) is 2.66. The Kier molecular flexibility index (Phi) is 5.53. The summed E-state index contributed by atoms with van der Waals surface area (Å²) in [4.78, 5) is 28.9. The number of aromatic hydroxyl groups is 1. The maximum Gasteiger partial charge on any atom is 0.387 e. The van der Waals surface area contributed by atoms with Gasteiger partial charge in [0.05, 0.1) is 19.1 Å². The van der Waals surface area contributed by atoms with Gasteiger partial charge in [-0.2, -0.15) is 13.8 Å². The summed E-state index contributed by atoms with van der Waals surface area (Å²) in [5.41, 5.74) is -0.200. The second kappa shape index (κ2) is 8.03. The van der Waals surface area contributed by atoms with Gasteiger partial charge in [-0.25, -0.2) is 0 Å². The summed E-state index contributed by atoms with van der Waals surface area (Å²) in [5.74, 6) is -2.33. The lowest BCUT2D eigenvalue weighted by molar-refractivity contribution is -0.140. The van der Waals surface area contributed by atoms with E-state index in [0.29, 0.717) is 5.56 Å². The third-order valence-corrected chi connectivity index (χ3v) is 4.18. The molecule has 0 saturated heterocycles. The van der Waals surface area contributed by atoms with E-state index in [1.165, 1.54) is 48.0 Å². The van der Waals surface area contributed by atoms with Crippen LogP contribution >= 0.6 is 0 Å². The van der Waals surface area contributed by atoms with E-state index >= 15 is 0 Å². The van der Waals surface area contributed by atoms with E-state index in [-0.39, 0.29) is 23.4 Å². The summed E-state index contributed by atoms with van der Waals surface area (Å²) < 4.78 is 35.4. The molecule has 28 heavy (non-hydrogen) atoms. The lowest BCUT2D eigenvalue weighted by Gasteiger charge is -2.18. The SMILES string of the molecule is COC(=O)C[C@@H](c1cccc(OC(F)F)c1)c1c(O)nc2ccccn2c1=O. The van der Waals surface area contributed by atoms with Crippen molar-refractivity contribution in [2.75, 3.05) is 7.11 Å². The largest absolute Gasteiger partial charge is 0.493 e.